The van der Waals surface area contributed by atoms with E-state index in [-0.39, 0.29) is 12.5 Å². The van der Waals surface area contributed by atoms with Crippen molar-refractivity contribution in [2.75, 3.05) is 24.6 Å². The van der Waals surface area contributed by atoms with Gasteiger partial charge in [0.25, 0.3) is 5.91 Å². The molecule has 0 unspecified atom stereocenters. The average molecular weight is 332 g/mol. The first-order valence-electron chi connectivity index (χ1n) is 9.29. The minimum Gasteiger partial charge on any atom is -0.467 e. The highest BCUT2D eigenvalue weighted by Gasteiger charge is 2.18. The molecule has 1 aliphatic heterocycles. The highest BCUT2D eigenvalue weighted by molar-refractivity contribution is 5.77. The van der Waals surface area contributed by atoms with Crippen molar-refractivity contribution in [3.8, 4) is 5.88 Å². The lowest BCUT2D eigenvalue weighted by Gasteiger charge is -2.22. The van der Waals surface area contributed by atoms with Gasteiger partial charge >= 0.3 is 0 Å². The van der Waals surface area contributed by atoms with Crippen molar-refractivity contribution < 1.29 is 9.53 Å². The van der Waals surface area contributed by atoms with Crippen LogP contribution in [0, 0.1) is 0 Å². The summed E-state index contributed by atoms with van der Waals surface area (Å²) >= 11 is 0. The van der Waals surface area contributed by atoms with Crippen molar-refractivity contribution >= 4 is 11.9 Å². The molecule has 1 aromatic heterocycles. The lowest BCUT2D eigenvalue weighted by atomic mass is 9.95. The van der Waals surface area contributed by atoms with E-state index in [0.29, 0.717) is 11.9 Å². The molecule has 1 saturated carbocycles. The lowest BCUT2D eigenvalue weighted by molar-refractivity contribution is -0.124. The third-order valence-corrected chi connectivity index (χ3v) is 4.82. The number of anilines is 1. The van der Waals surface area contributed by atoms with Crippen molar-refractivity contribution in [2.45, 2.75) is 64.3 Å². The summed E-state index contributed by atoms with van der Waals surface area (Å²) in [5.41, 5.74) is 0.953. The van der Waals surface area contributed by atoms with Crippen LogP contribution in [-0.4, -0.2) is 41.6 Å². The minimum absolute atomic E-state index is 0.0239. The number of rotatable bonds is 6. The molecule has 1 aromatic rings. The van der Waals surface area contributed by atoms with E-state index in [9.17, 15) is 4.79 Å². The quantitative estimate of drug-likeness (QED) is 0.867. The van der Waals surface area contributed by atoms with Gasteiger partial charge in [0.05, 0.1) is 0 Å². The molecule has 6 heteroatoms. The molecule has 2 heterocycles. The van der Waals surface area contributed by atoms with E-state index in [1.165, 1.54) is 32.1 Å². The predicted octanol–water partition coefficient (Wildman–Crippen LogP) is 2.47. The molecule has 0 aromatic carbocycles. The highest BCUT2D eigenvalue weighted by atomic mass is 16.5. The Morgan fingerprint density at radius 1 is 1.21 bits per heavy atom. The Morgan fingerprint density at radius 2 is 1.96 bits per heavy atom. The Balaban J connectivity index is 1.57. The standard InChI is InChI=1S/C18H28N4O2/c1-2-14-12-17(21-18(20-14)22-10-6-7-11-22)24-13-16(23)19-15-8-4-3-5-9-15/h12,15H,2-11,13H2,1H3,(H,19,23). The third-order valence-electron chi connectivity index (χ3n) is 4.82. The van der Waals surface area contributed by atoms with Crippen molar-refractivity contribution in [3.63, 3.8) is 0 Å². The maximum atomic E-state index is 12.1. The predicted molar refractivity (Wildman–Crippen MR) is 93.4 cm³/mol. The van der Waals surface area contributed by atoms with Crippen LogP contribution in [0.25, 0.3) is 0 Å². The molecule has 0 bridgehead atoms. The van der Waals surface area contributed by atoms with E-state index in [4.69, 9.17) is 4.74 Å². The molecule has 1 aliphatic carbocycles. The Kier molecular flexibility index (Phi) is 5.88. The van der Waals surface area contributed by atoms with Crippen LogP contribution in [-0.2, 0) is 11.2 Å². The molecule has 1 saturated heterocycles. The molecule has 2 fully saturated rings. The fraction of sp³-hybridized carbons (Fsp3) is 0.722. The second kappa shape index (κ2) is 8.31. The molecular formula is C18H28N4O2. The number of carbonyl (C=O) groups is 1. The monoisotopic (exact) mass is 332 g/mol. The van der Waals surface area contributed by atoms with E-state index >= 15 is 0 Å². The van der Waals surface area contributed by atoms with Gasteiger partial charge < -0.3 is 15.0 Å². The van der Waals surface area contributed by atoms with Crippen molar-refractivity contribution in [2.24, 2.45) is 0 Å². The number of nitrogens with zero attached hydrogens (tertiary/aromatic N) is 3. The van der Waals surface area contributed by atoms with Gasteiger partial charge in [-0.15, -0.1) is 0 Å². The van der Waals surface area contributed by atoms with Gasteiger partial charge in [0.15, 0.2) is 6.61 Å². The molecule has 0 spiro atoms. The van der Waals surface area contributed by atoms with E-state index in [1.807, 2.05) is 6.07 Å². The molecule has 1 N–H and O–H groups in total. The summed E-state index contributed by atoms with van der Waals surface area (Å²) in [5, 5.41) is 3.07. The van der Waals surface area contributed by atoms with Gasteiger partial charge in [0.2, 0.25) is 11.8 Å². The molecule has 6 nitrogen and oxygen atoms in total. The number of hydrogen-bond acceptors (Lipinski definition) is 5. The zero-order valence-corrected chi connectivity index (χ0v) is 14.6. The van der Waals surface area contributed by atoms with Crippen molar-refractivity contribution in [1.29, 1.82) is 0 Å². The minimum atomic E-state index is -0.0544. The molecule has 0 radical (unpaired) electrons. The maximum Gasteiger partial charge on any atom is 0.258 e. The van der Waals surface area contributed by atoms with E-state index in [1.54, 1.807) is 0 Å². The summed E-state index contributed by atoms with van der Waals surface area (Å²) in [5.74, 6) is 1.18. The van der Waals surface area contributed by atoms with Crippen LogP contribution in [0.4, 0.5) is 5.95 Å². The summed E-state index contributed by atoms with van der Waals surface area (Å²) in [7, 11) is 0. The van der Waals surface area contributed by atoms with Crippen LogP contribution in [0.1, 0.15) is 57.6 Å². The van der Waals surface area contributed by atoms with Crippen LogP contribution in [0.2, 0.25) is 0 Å². The van der Waals surface area contributed by atoms with Gasteiger partial charge in [0.1, 0.15) is 0 Å². The molecule has 24 heavy (non-hydrogen) atoms. The Hall–Kier alpha value is -1.85. The number of amides is 1. The molecule has 132 valence electrons. The topological polar surface area (TPSA) is 67.3 Å². The number of ether oxygens (including phenoxy) is 1. The summed E-state index contributed by atoms with van der Waals surface area (Å²) in [4.78, 5) is 23.4. The van der Waals surface area contributed by atoms with E-state index in [0.717, 1.165) is 44.0 Å². The van der Waals surface area contributed by atoms with Crippen LogP contribution in [0.15, 0.2) is 6.07 Å². The summed E-state index contributed by atoms with van der Waals surface area (Å²) < 4.78 is 5.66. The Labute approximate surface area is 144 Å². The second-order valence-corrected chi connectivity index (χ2v) is 6.74. The maximum absolute atomic E-state index is 12.1. The highest BCUT2D eigenvalue weighted by Crippen LogP contribution is 2.20. The fourth-order valence-corrected chi connectivity index (χ4v) is 3.43. The number of aryl methyl sites for hydroxylation is 1. The van der Waals surface area contributed by atoms with Gasteiger partial charge in [-0.25, -0.2) is 4.98 Å². The zero-order chi connectivity index (χ0) is 16.8. The summed E-state index contributed by atoms with van der Waals surface area (Å²) in [6.07, 6.45) is 9.04. The van der Waals surface area contributed by atoms with E-state index in [2.05, 4.69) is 27.1 Å². The summed E-state index contributed by atoms with van der Waals surface area (Å²) in [6, 6.07) is 2.15. The smallest absolute Gasteiger partial charge is 0.258 e. The van der Waals surface area contributed by atoms with Gasteiger partial charge in [-0.1, -0.05) is 26.2 Å². The summed E-state index contributed by atoms with van der Waals surface area (Å²) in [6.45, 7) is 4.08. The van der Waals surface area contributed by atoms with Gasteiger partial charge in [-0.2, -0.15) is 4.98 Å². The molecule has 2 aliphatic rings. The largest absolute Gasteiger partial charge is 0.467 e. The van der Waals surface area contributed by atoms with E-state index < -0.39 is 0 Å². The number of nitrogens with one attached hydrogen (secondary N) is 1. The normalized spacial score (nSPS) is 18.6. The van der Waals surface area contributed by atoms with Crippen LogP contribution >= 0.6 is 0 Å². The molecule has 3 rings (SSSR count). The first-order valence-corrected chi connectivity index (χ1v) is 9.29. The van der Waals surface area contributed by atoms with Crippen molar-refractivity contribution in [1.82, 2.24) is 15.3 Å². The van der Waals surface area contributed by atoms with Gasteiger partial charge in [-0.3, -0.25) is 4.79 Å². The first-order chi connectivity index (χ1) is 11.7. The Bertz CT molecular complexity index is 552. The number of aromatic nitrogens is 2. The number of hydrogen-bond donors (Lipinski definition) is 1. The average Bonchev–Trinajstić information content (AvgIpc) is 3.15. The van der Waals surface area contributed by atoms with Crippen LogP contribution in [0.3, 0.4) is 0 Å². The van der Waals surface area contributed by atoms with Crippen LogP contribution < -0.4 is 15.0 Å². The molecule has 1 amide bonds. The van der Waals surface area contributed by atoms with Gasteiger partial charge in [0, 0.05) is 30.9 Å². The Morgan fingerprint density at radius 3 is 2.67 bits per heavy atom. The third kappa shape index (κ3) is 4.58. The lowest BCUT2D eigenvalue weighted by Crippen LogP contribution is -2.39. The van der Waals surface area contributed by atoms with Crippen LogP contribution in [0.5, 0.6) is 5.88 Å². The van der Waals surface area contributed by atoms with Crippen molar-refractivity contribution in [3.05, 3.63) is 11.8 Å². The fourth-order valence-electron chi connectivity index (χ4n) is 3.43. The first kappa shape index (κ1) is 17.0. The second-order valence-electron chi connectivity index (χ2n) is 6.74. The zero-order valence-electron chi connectivity index (χ0n) is 14.6. The van der Waals surface area contributed by atoms with Gasteiger partial charge in [-0.05, 0) is 32.1 Å². The SMILES string of the molecule is CCc1cc(OCC(=O)NC2CCCCC2)nc(N2CCCC2)n1. The molecular weight excluding hydrogens is 304 g/mol. The molecule has 0 atom stereocenters. The number of carbonyl (C=O) groups excluding carboxylic acids is 1.